The molecule has 0 radical (unpaired) electrons. The Morgan fingerprint density at radius 1 is 1.28 bits per heavy atom. The molecular formula is C18H15ClN4O2. The molecule has 0 fully saturated rings. The normalized spacial score (nSPS) is 19.5. The van der Waals surface area contributed by atoms with Gasteiger partial charge in [0.15, 0.2) is 0 Å². The van der Waals surface area contributed by atoms with Crippen LogP contribution in [0.15, 0.2) is 53.8 Å². The largest absolute Gasteiger partial charge is 0.379 e. The third-order valence-electron chi connectivity index (χ3n) is 4.24. The number of anilines is 1. The van der Waals surface area contributed by atoms with Gasteiger partial charge in [-0.2, -0.15) is 5.10 Å². The molecule has 1 aliphatic rings. The van der Waals surface area contributed by atoms with Crippen molar-refractivity contribution in [2.75, 3.05) is 5.32 Å². The van der Waals surface area contributed by atoms with E-state index >= 15 is 0 Å². The molecular weight excluding hydrogens is 340 g/mol. The highest BCUT2D eigenvalue weighted by Crippen LogP contribution is 2.29. The first kappa shape index (κ1) is 15.7. The first-order valence-corrected chi connectivity index (χ1v) is 8.17. The van der Waals surface area contributed by atoms with Crippen LogP contribution in [0.2, 0.25) is 5.02 Å². The van der Waals surface area contributed by atoms with Crippen LogP contribution >= 0.6 is 11.6 Å². The fourth-order valence-corrected chi connectivity index (χ4v) is 2.91. The first-order valence-electron chi connectivity index (χ1n) is 7.80. The molecule has 126 valence electrons. The van der Waals surface area contributed by atoms with Crippen molar-refractivity contribution in [3.8, 4) is 0 Å². The van der Waals surface area contributed by atoms with Crippen LogP contribution in [0.1, 0.15) is 18.9 Å². The van der Waals surface area contributed by atoms with Crippen molar-refractivity contribution in [1.82, 2.24) is 10.2 Å². The average molecular weight is 355 g/mol. The Hall–Kier alpha value is -2.86. The first-order chi connectivity index (χ1) is 12.0. The van der Waals surface area contributed by atoms with Crippen molar-refractivity contribution in [2.24, 2.45) is 5.16 Å². The van der Waals surface area contributed by atoms with Crippen LogP contribution in [0.25, 0.3) is 10.9 Å². The van der Waals surface area contributed by atoms with E-state index < -0.39 is 5.60 Å². The van der Waals surface area contributed by atoms with E-state index in [1.54, 1.807) is 25.3 Å². The molecule has 1 aromatic heterocycles. The van der Waals surface area contributed by atoms with E-state index in [9.17, 15) is 4.79 Å². The minimum atomic E-state index is -1.07. The number of hydrogen-bond donors (Lipinski definition) is 2. The number of oxime groups is 1. The molecule has 3 aromatic rings. The van der Waals surface area contributed by atoms with Crippen molar-refractivity contribution >= 4 is 39.8 Å². The number of carbonyl (C=O) groups excluding carboxylic acids is 1. The van der Waals surface area contributed by atoms with E-state index in [1.165, 1.54) is 0 Å². The molecule has 1 atom stereocenters. The topological polar surface area (TPSA) is 79.4 Å². The molecule has 0 saturated carbocycles. The standard InChI is InChI=1S/C18H15ClN4O2/c1-18(9-15(23-25-18)11-5-7-13(19)8-6-11)17(24)21-14-4-2-3-12-10-20-22-16(12)14/h2-8,10H,9H2,1H3,(H,20,22)(H,21,24). The number of fused-ring (bicyclic) bond motifs is 1. The van der Waals surface area contributed by atoms with Crippen LogP contribution in [-0.2, 0) is 9.63 Å². The second kappa shape index (κ2) is 5.89. The number of benzene rings is 2. The van der Waals surface area contributed by atoms with Crippen molar-refractivity contribution in [2.45, 2.75) is 18.9 Å². The van der Waals surface area contributed by atoms with Crippen molar-refractivity contribution in [3.05, 3.63) is 59.2 Å². The number of amides is 1. The Morgan fingerprint density at radius 2 is 2.08 bits per heavy atom. The van der Waals surface area contributed by atoms with E-state index in [-0.39, 0.29) is 5.91 Å². The Bertz CT molecular complexity index is 980. The van der Waals surface area contributed by atoms with Gasteiger partial charge in [0, 0.05) is 16.8 Å². The summed E-state index contributed by atoms with van der Waals surface area (Å²) in [6.45, 7) is 1.72. The summed E-state index contributed by atoms with van der Waals surface area (Å²) < 4.78 is 0. The summed E-state index contributed by atoms with van der Waals surface area (Å²) in [4.78, 5) is 18.3. The highest BCUT2D eigenvalue weighted by Gasteiger charge is 2.42. The summed E-state index contributed by atoms with van der Waals surface area (Å²) >= 11 is 5.91. The lowest BCUT2D eigenvalue weighted by atomic mass is 9.95. The maximum absolute atomic E-state index is 12.8. The Kier molecular flexibility index (Phi) is 3.69. The second-order valence-electron chi connectivity index (χ2n) is 6.14. The fraction of sp³-hybridized carbons (Fsp3) is 0.167. The predicted molar refractivity (Wildman–Crippen MR) is 96.8 cm³/mol. The van der Waals surface area contributed by atoms with Gasteiger partial charge in [0.05, 0.1) is 23.1 Å². The number of nitrogens with zero attached hydrogens (tertiary/aromatic N) is 2. The minimum absolute atomic E-state index is 0.262. The van der Waals surface area contributed by atoms with Crippen molar-refractivity contribution in [3.63, 3.8) is 0 Å². The maximum atomic E-state index is 12.8. The molecule has 25 heavy (non-hydrogen) atoms. The summed E-state index contributed by atoms with van der Waals surface area (Å²) in [5.41, 5.74) is 1.96. The van der Waals surface area contributed by atoms with Gasteiger partial charge in [-0.05, 0) is 30.7 Å². The van der Waals surface area contributed by atoms with Gasteiger partial charge in [-0.25, -0.2) is 0 Å². The van der Waals surface area contributed by atoms with Crippen LogP contribution < -0.4 is 5.32 Å². The number of nitrogens with one attached hydrogen (secondary N) is 2. The van der Waals surface area contributed by atoms with Gasteiger partial charge in [-0.1, -0.05) is 41.0 Å². The lowest BCUT2D eigenvalue weighted by Crippen LogP contribution is -2.40. The quantitative estimate of drug-likeness (QED) is 0.752. The van der Waals surface area contributed by atoms with Gasteiger partial charge >= 0.3 is 0 Å². The number of H-pyrrole nitrogens is 1. The number of para-hydroxylation sites is 1. The molecule has 0 spiro atoms. The van der Waals surface area contributed by atoms with E-state index in [0.717, 1.165) is 16.5 Å². The molecule has 2 N–H and O–H groups in total. The third-order valence-corrected chi connectivity index (χ3v) is 4.50. The van der Waals surface area contributed by atoms with Crippen LogP contribution in [0.4, 0.5) is 5.69 Å². The summed E-state index contributed by atoms with van der Waals surface area (Å²) in [5.74, 6) is -0.262. The number of hydrogen-bond acceptors (Lipinski definition) is 4. The zero-order valence-corrected chi connectivity index (χ0v) is 14.2. The predicted octanol–water partition coefficient (Wildman–Crippen LogP) is 3.74. The number of aromatic nitrogens is 2. The monoisotopic (exact) mass is 354 g/mol. The van der Waals surface area contributed by atoms with E-state index in [4.69, 9.17) is 16.4 Å². The van der Waals surface area contributed by atoms with Gasteiger partial charge in [-0.3, -0.25) is 9.89 Å². The SMILES string of the molecule is CC1(C(=O)Nc2cccc3cn[nH]c23)CC(c2ccc(Cl)cc2)=NO1. The lowest BCUT2D eigenvalue weighted by Gasteiger charge is -2.20. The molecule has 1 unspecified atom stereocenters. The maximum Gasteiger partial charge on any atom is 0.271 e. The van der Waals surface area contributed by atoms with Gasteiger partial charge < -0.3 is 10.2 Å². The summed E-state index contributed by atoms with van der Waals surface area (Å²) in [5, 5.41) is 15.5. The summed E-state index contributed by atoms with van der Waals surface area (Å²) in [6.07, 6.45) is 2.08. The second-order valence-corrected chi connectivity index (χ2v) is 6.57. The Morgan fingerprint density at radius 3 is 2.88 bits per heavy atom. The molecule has 4 rings (SSSR count). The number of carbonyl (C=O) groups is 1. The number of aromatic amines is 1. The highest BCUT2D eigenvalue weighted by molar-refractivity contribution is 6.30. The van der Waals surface area contributed by atoms with Crippen LogP contribution in [0, 0.1) is 0 Å². The molecule has 7 heteroatoms. The molecule has 1 amide bonds. The molecule has 2 aromatic carbocycles. The number of halogens is 1. The third kappa shape index (κ3) is 2.85. The zero-order chi connectivity index (χ0) is 17.4. The van der Waals surface area contributed by atoms with Gasteiger partial charge in [0.25, 0.3) is 5.91 Å². The summed E-state index contributed by atoms with van der Waals surface area (Å²) in [6, 6.07) is 12.9. The lowest BCUT2D eigenvalue weighted by molar-refractivity contribution is -0.135. The smallest absolute Gasteiger partial charge is 0.271 e. The van der Waals surface area contributed by atoms with Crippen molar-refractivity contribution in [1.29, 1.82) is 0 Å². The molecule has 6 nitrogen and oxygen atoms in total. The fourth-order valence-electron chi connectivity index (χ4n) is 2.79. The van der Waals surface area contributed by atoms with Crippen molar-refractivity contribution < 1.29 is 9.63 Å². The van der Waals surface area contributed by atoms with Crippen LogP contribution in [0.3, 0.4) is 0 Å². The van der Waals surface area contributed by atoms with Crippen LogP contribution in [0.5, 0.6) is 0 Å². The van der Waals surface area contributed by atoms with Gasteiger partial charge in [0.2, 0.25) is 5.60 Å². The molecule has 0 aliphatic carbocycles. The average Bonchev–Trinajstić information content (AvgIpc) is 3.24. The zero-order valence-electron chi connectivity index (χ0n) is 13.4. The Balaban J connectivity index is 1.53. The molecule has 1 aliphatic heterocycles. The van der Waals surface area contributed by atoms with Gasteiger partial charge in [0.1, 0.15) is 0 Å². The number of rotatable bonds is 3. The van der Waals surface area contributed by atoms with E-state index in [0.29, 0.717) is 22.8 Å². The highest BCUT2D eigenvalue weighted by atomic mass is 35.5. The van der Waals surface area contributed by atoms with E-state index in [2.05, 4.69) is 20.7 Å². The van der Waals surface area contributed by atoms with Gasteiger partial charge in [-0.15, -0.1) is 0 Å². The Labute approximate surface area is 148 Å². The van der Waals surface area contributed by atoms with Crippen LogP contribution in [-0.4, -0.2) is 27.4 Å². The molecule has 2 heterocycles. The summed E-state index contributed by atoms with van der Waals surface area (Å²) in [7, 11) is 0. The minimum Gasteiger partial charge on any atom is -0.379 e. The molecule has 0 saturated heterocycles. The molecule has 0 bridgehead atoms. The van der Waals surface area contributed by atoms with E-state index in [1.807, 2.05) is 30.3 Å².